The van der Waals surface area contributed by atoms with Crippen LogP contribution in [-0.2, 0) is 27.8 Å². The highest BCUT2D eigenvalue weighted by Gasteiger charge is 2.31. The topological polar surface area (TPSA) is 96.0 Å². The molecule has 0 unspecified atom stereocenters. The van der Waals surface area contributed by atoms with Crippen LogP contribution in [0.1, 0.15) is 43.7 Å². The maximum Gasteiger partial charge on any atom is 0.258 e. The summed E-state index contributed by atoms with van der Waals surface area (Å²) in [6.45, 7) is 7.63. The monoisotopic (exact) mass is 611 g/mol. The third-order valence-electron chi connectivity index (χ3n) is 7.85. The number of benzene rings is 4. The first kappa shape index (κ1) is 31.0. The molecule has 0 atom stereocenters. The number of ether oxygens (including phenoxy) is 1. The molecule has 0 spiro atoms. The quantitative estimate of drug-likeness (QED) is 0.252. The van der Waals surface area contributed by atoms with Gasteiger partial charge in [-0.15, -0.1) is 0 Å². The molecule has 0 aliphatic carbocycles. The van der Waals surface area contributed by atoms with E-state index < -0.39 is 15.9 Å². The Morgan fingerprint density at radius 2 is 1.52 bits per heavy atom. The van der Waals surface area contributed by atoms with E-state index in [1.807, 2.05) is 56.3 Å². The SMILES string of the molecule is COc1ccc(C(=O)N2CCc3ccc(NC(=O)CN(Cc4ccc(C)cc4)S(=O)(=O)c4c(C)cc(C)cc4C)cc32)cc1. The van der Waals surface area contributed by atoms with Crippen LogP contribution in [0.15, 0.2) is 83.8 Å². The van der Waals surface area contributed by atoms with Crippen molar-refractivity contribution in [3.8, 4) is 5.75 Å². The Morgan fingerprint density at radius 1 is 0.864 bits per heavy atom. The maximum absolute atomic E-state index is 14.1. The van der Waals surface area contributed by atoms with E-state index >= 15 is 0 Å². The molecule has 1 N–H and O–H groups in total. The van der Waals surface area contributed by atoms with Crippen LogP contribution in [0.2, 0.25) is 0 Å². The van der Waals surface area contributed by atoms with Gasteiger partial charge in [0.1, 0.15) is 5.75 Å². The summed E-state index contributed by atoms with van der Waals surface area (Å²) >= 11 is 0. The van der Waals surface area contributed by atoms with Crippen molar-refractivity contribution < 1.29 is 22.7 Å². The van der Waals surface area contributed by atoms with Crippen molar-refractivity contribution in [3.05, 3.63) is 118 Å². The fraction of sp³-hybridized carbons (Fsp3) is 0.257. The molecule has 9 heteroatoms. The zero-order chi connectivity index (χ0) is 31.6. The number of hydrogen-bond donors (Lipinski definition) is 1. The number of methoxy groups -OCH3 is 1. The molecule has 4 aromatic carbocycles. The number of amides is 2. The minimum atomic E-state index is -4.03. The number of nitrogens with zero attached hydrogens (tertiary/aromatic N) is 2. The number of fused-ring (bicyclic) bond motifs is 1. The lowest BCUT2D eigenvalue weighted by Crippen LogP contribution is -2.38. The first-order valence-electron chi connectivity index (χ1n) is 14.5. The number of anilines is 2. The molecule has 0 aromatic heterocycles. The second kappa shape index (κ2) is 12.6. The van der Waals surface area contributed by atoms with E-state index in [0.29, 0.717) is 41.1 Å². The fourth-order valence-electron chi connectivity index (χ4n) is 5.74. The number of sulfonamides is 1. The lowest BCUT2D eigenvalue weighted by molar-refractivity contribution is -0.116. The second-order valence-electron chi connectivity index (χ2n) is 11.3. The summed E-state index contributed by atoms with van der Waals surface area (Å²) in [4.78, 5) is 28.7. The number of carbonyl (C=O) groups excluding carboxylic acids is 2. The van der Waals surface area contributed by atoms with Crippen molar-refractivity contribution in [1.82, 2.24) is 4.31 Å². The molecule has 1 heterocycles. The van der Waals surface area contributed by atoms with Crippen LogP contribution in [0.4, 0.5) is 11.4 Å². The van der Waals surface area contributed by atoms with Gasteiger partial charge in [-0.3, -0.25) is 9.59 Å². The molecule has 5 rings (SSSR count). The molecule has 2 amide bonds. The molecule has 0 fully saturated rings. The Labute approximate surface area is 259 Å². The lowest BCUT2D eigenvalue weighted by Gasteiger charge is -2.24. The zero-order valence-corrected chi connectivity index (χ0v) is 26.5. The van der Waals surface area contributed by atoms with Gasteiger partial charge in [-0.05, 0) is 92.8 Å². The van der Waals surface area contributed by atoms with Gasteiger partial charge in [0, 0.05) is 30.0 Å². The third-order valence-corrected chi connectivity index (χ3v) is 9.95. The first-order chi connectivity index (χ1) is 21.0. The van der Waals surface area contributed by atoms with Gasteiger partial charge in [-0.25, -0.2) is 8.42 Å². The summed E-state index contributed by atoms with van der Waals surface area (Å²) in [5.41, 5.74) is 6.82. The molecule has 0 saturated heterocycles. The molecule has 44 heavy (non-hydrogen) atoms. The maximum atomic E-state index is 14.1. The number of nitrogens with one attached hydrogen (secondary N) is 1. The van der Waals surface area contributed by atoms with Gasteiger partial charge in [0.05, 0.1) is 18.6 Å². The van der Waals surface area contributed by atoms with Gasteiger partial charge in [0.2, 0.25) is 15.9 Å². The molecule has 0 bridgehead atoms. The van der Waals surface area contributed by atoms with Crippen LogP contribution < -0.4 is 15.0 Å². The summed E-state index contributed by atoms with van der Waals surface area (Å²) in [6.07, 6.45) is 0.698. The van der Waals surface area contributed by atoms with Crippen molar-refractivity contribution in [3.63, 3.8) is 0 Å². The predicted octanol–water partition coefficient (Wildman–Crippen LogP) is 5.96. The Morgan fingerprint density at radius 3 is 2.16 bits per heavy atom. The highest BCUT2D eigenvalue weighted by molar-refractivity contribution is 7.89. The molecule has 0 saturated carbocycles. The van der Waals surface area contributed by atoms with E-state index in [4.69, 9.17) is 4.74 Å². The van der Waals surface area contributed by atoms with Crippen LogP contribution in [0.25, 0.3) is 0 Å². The highest BCUT2D eigenvalue weighted by atomic mass is 32.2. The number of carbonyl (C=O) groups is 2. The Hall–Kier alpha value is -4.47. The standard InChI is InChI=1S/C35H37N3O5S/c1-23-6-8-27(9-7-23)21-37(44(41,42)34-25(3)18-24(2)19-26(34)4)22-33(39)36-30-13-10-28-16-17-38(32(28)20-30)35(40)29-11-14-31(43-5)15-12-29/h6-15,18-20H,16-17,21-22H2,1-5H3,(H,36,39). The normalized spacial score (nSPS) is 12.7. The zero-order valence-electron chi connectivity index (χ0n) is 25.7. The van der Waals surface area contributed by atoms with Crippen molar-refractivity contribution >= 4 is 33.2 Å². The van der Waals surface area contributed by atoms with Crippen LogP contribution >= 0.6 is 0 Å². The van der Waals surface area contributed by atoms with Gasteiger partial charge in [-0.1, -0.05) is 53.6 Å². The number of hydrogen-bond acceptors (Lipinski definition) is 5. The average molecular weight is 612 g/mol. The Balaban J connectivity index is 1.39. The van der Waals surface area contributed by atoms with E-state index in [1.54, 1.807) is 62.3 Å². The molecule has 8 nitrogen and oxygen atoms in total. The molecule has 0 radical (unpaired) electrons. The van der Waals surface area contributed by atoms with E-state index in [0.717, 1.165) is 27.9 Å². The lowest BCUT2D eigenvalue weighted by atomic mass is 10.1. The molecule has 228 valence electrons. The summed E-state index contributed by atoms with van der Waals surface area (Å²) in [6, 6.07) is 23.7. The molecule has 4 aromatic rings. The second-order valence-corrected chi connectivity index (χ2v) is 13.2. The van der Waals surface area contributed by atoms with Gasteiger partial charge >= 0.3 is 0 Å². The summed E-state index contributed by atoms with van der Waals surface area (Å²) in [7, 11) is -2.45. The smallest absolute Gasteiger partial charge is 0.258 e. The third kappa shape index (κ3) is 6.54. The van der Waals surface area contributed by atoms with Crippen molar-refractivity contribution in [1.29, 1.82) is 0 Å². The number of rotatable bonds is 9. The van der Waals surface area contributed by atoms with Crippen LogP contribution in [0.5, 0.6) is 5.75 Å². The summed E-state index contributed by atoms with van der Waals surface area (Å²) < 4.78 is 34.6. The van der Waals surface area contributed by atoms with E-state index in [9.17, 15) is 18.0 Å². The average Bonchev–Trinajstić information content (AvgIpc) is 3.40. The van der Waals surface area contributed by atoms with Gasteiger partial charge < -0.3 is 15.0 Å². The van der Waals surface area contributed by atoms with Gasteiger partial charge in [0.15, 0.2) is 0 Å². The molecular formula is C35H37N3O5S. The first-order valence-corrected chi connectivity index (χ1v) is 15.9. The molecular weight excluding hydrogens is 574 g/mol. The minimum absolute atomic E-state index is 0.0388. The van der Waals surface area contributed by atoms with Crippen LogP contribution in [-0.4, -0.2) is 44.7 Å². The summed E-state index contributed by atoms with van der Waals surface area (Å²) in [5.74, 6) is 0.0441. The van der Waals surface area contributed by atoms with E-state index in [-0.39, 0.29) is 23.9 Å². The minimum Gasteiger partial charge on any atom is -0.497 e. The van der Waals surface area contributed by atoms with Crippen molar-refractivity contribution in [2.24, 2.45) is 0 Å². The Kier molecular flexibility index (Phi) is 8.90. The van der Waals surface area contributed by atoms with E-state index in [1.165, 1.54) is 4.31 Å². The largest absolute Gasteiger partial charge is 0.497 e. The molecule has 1 aliphatic heterocycles. The summed E-state index contributed by atoms with van der Waals surface area (Å²) in [5, 5.41) is 2.87. The Bertz CT molecular complexity index is 1790. The highest BCUT2D eigenvalue weighted by Crippen LogP contribution is 2.33. The number of aryl methyl sites for hydroxylation is 4. The van der Waals surface area contributed by atoms with E-state index in [2.05, 4.69) is 5.32 Å². The van der Waals surface area contributed by atoms with Crippen molar-refractivity contribution in [2.45, 2.75) is 45.6 Å². The molecule has 1 aliphatic rings. The van der Waals surface area contributed by atoms with Crippen molar-refractivity contribution in [2.75, 3.05) is 30.4 Å². The van der Waals surface area contributed by atoms with Gasteiger partial charge in [0.25, 0.3) is 5.91 Å². The fourth-order valence-corrected chi connectivity index (χ4v) is 7.54. The van der Waals surface area contributed by atoms with Crippen LogP contribution in [0.3, 0.4) is 0 Å². The van der Waals surface area contributed by atoms with Crippen LogP contribution in [0, 0.1) is 27.7 Å². The predicted molar refractivity (Wildman–Crippen MR) is 173 cm³/mol. The van der Waals surface area contributed by atoms with Gasteiger partial charge in [-0.2, -0.15) is 4.31 Å².